The summed E-state index contributed by atoms with van der Waals surface area (Å²) in [4.78, 5) is 10.7. The minimum Gasteiger partial charge on any atom is -0.463 e. The molecule has 0 rings (SSSR count). The van der Waals surface area contributed by atoms with Crippen LogP contribution < -0.4 is 0 Å². The van der Waals surface area contributed by atoms with Gasteiger partial charge in [0.15, 0.2) is 0 Å². The summed E-state index contributed by atoms with van der Waals surface area (Å²) in [6.45, 7) is 3.60. The number of hydrogen-bond donors (Lipinski definition) is 0. The van der Waals surface area contributed by atoms with Crippen molar-refractivity contribution in [2.45, 2.75) is 52.1 Å². The Morgan fingerprint density at radius 1 is 1.38 bits per heavy atom. The lowest BCUT2D eigenvalue weighted by atomic mass is 10.1. The van der Waals surface area contributed by atoms with Gasteiger partial charge < -0.3 is 4.74 Å². The summed E-state index contributed by atoms with van der Waals surface area (Å²) in [5, 5.41) is 0. The van der Waals surface area contributed by atoms with Crippen molar-refractivity contribution in [2.24, 2.45) is 0 Å². The molecule has 0 heterocycles. The Kier molecular flexibility index (Phi) is 8.21. The largest absolute Gasteiger partial charge is 0.463 e. The average molecular weight is 207 g/mol. The molecule has 0 aromatic heterocycles. The molecule has 0 saturated carbocycles. The number of hydrogen-bond acceptors (Lipinski definition) is 2. The van der Waals surface area contributed by atoms with Gasteiger partial charge in [-0.2, -0.15) is 0 Å². The predicted octanol–water partition coefficient (Wildman–Crippen LogP) is 3.13. The summed E-state index contributed by atoms with van der Waals surface area (Å²) < 4.78 is 5.11. The molecule has 0 saturated heterocycles. The molecule has 0 N–H and O–H groups in total. The van der Waals surface area contributed by atoms with Crippen LogP contribution in [0, 0.1) is 0 Å². The summed E-state index contributed by atoms with van der Waals surface area (Å²) >= 11 is 5.60. The number of unbranched alkanes of at least 4 members (excludes halogenated alkanes) is 2. The van der Waals surface area contributed by atoms with Gasteiger partial charge in [-0.1, -0.05) is 19.8 Å². The maximum absolute atomic E-state index is 10.7. The summed E-state index contributed by atoms with van der Waals surface area (Å²) in [6, 6.07) is 0. The molecule has 78 valence electrons. The summed E-state index contributed by atoms with van der Waals surface area (Å²) in [6.07, 6.45) is 5.24. The molecule has 0 fully saturated rings. The lowest BCUT2D eigenvalue weighted by molar-refractivity contribution is -0.146. The third-order valence-corrected chi connectivity index (χ3v) is 2.11. The molecule has 0 aliphatic heterocycles. The van der Waals surface area contributed by atoms with Crippen molar-refractivity contribution in [3.05, 3.63) is 0 Å². The van der Waals surface area contributed by atoms with Crippen molar-refractivity contribution in [3.63, 3.8) is 0 Å². The van der Waals surface area contributed by atoms with E-state index in [-0.39, 0.29) is 12.1 Å². The van der Waals surface area contributed by atoms with Crippen LogP contribution in [0.3, 0.4) is 0 Å². The van der Waals surface area contributed by atoms with Gasteiger partial charge in [0.05, 0.1) is 0 Å². The highest BCUT2D eigenvalue weighted by atomic mass is 35.5. The number of rotatable bonds is 7. The maximum atomic E-state index is 10.7. The van der Waals surface area contributed by atoms with E-state index in [1.165, 1.54) is 19.8 Å². The van der Waals surface area contributed by atoms with Crippen LogP contribution in [-0.2, 0) is 9.53 Å². The number of ether oxygens (including phenoxy) is 1. The van der Waals surface area contributed by atoms with Crippen molar-refractivity contribution < 1.29 is 9.53 Å². The number of alkyl halides is 1. The van der Waals surface area contributed by atoms with Crippen LogP contribution in [0.1, 0.15) is 46.0 Å². The monoisotopic (exact) mass is 206 g/mol. The van der Waals surface area contributed by atoms with E-state index in [9.17, 15) is 4.79 Å². The molecular formula is C10H19ClO2. The van der Waals surface area contributed by atoms with Crippen molar-refractivity contribution >= 4 is 17.6 Å². The Morgan fingerprint density at radius 2 is 2.08 bits per heavy atom. The van der Waals surface area contributed by atoms with Crippen molar-refractivity contribution in [1.29, 1.82) is 0 Å². The first-order chi connectivity index (χ1) is 6.20. The lowest BCUT2D eigenvalue weighted by Crippen LogP contribution is -2.16. The predicted molar refractivity (Wildman–Crippen MR) is 55.0 cm³/mol. The summed E-state index contributed by atoms with van der Waals surface area (Å²) in [5.74, 6) is 0.357. The summed E-state index contributed by atoms with van der Waals surface area (Å²) in [7, 11) is 0. The third kappa shape index (κ3) is 8.10. The molecule has 2 nitrogen and oxygen atoms in total. The van der Waals surface area contributed by atoms with E-state index in [4.69, 9.17) is 16.3 Å². The van der Waals surface area contributed by atoms with Crippen LogP contribution in [-0.4, -0.2) is 18.0 Å². The topological polar surface area (TPSA) is 26.3 Å². The number of halogens is 1. The second kappa shape index (κ2) is 8.36. The standard InChI is InChI=1S/C10H19ClO2/c1-3-4-5-6-10(7-8-11)13-9(2)12/h10H,3-8H2,1-2H3/t10-/m1/s1. The van der Waals surface area contributed by atoms with E-state index in [1.807, 2.05) is 0 Å². The molecule has 0 spiro atoms. The molecule has 1 atom stereocenters. The van der Waals surface area contributed by atoms with Crippen LogP contribution in [0.4, 0.5) is 0 Å². The van der Waals surface area contributed by atoms with Gasteiger partial charge in [-0.05, 0) is 19.3 Å². The first-order valence-corrected chi connectivity index (χ1v) is 5.47. The molecule has 0 radical (unpaired) electrons. The van der Waals surface area contributed by atoms with E-state index in [0.29, 0.717) is 5.88 Å². The second-order valence-electron chi connectivity index (χ2n) is 3.20. The number of esters is 1. The van der Waals surface area contributed by atoms with Gasteiger partial charge in [0, 0.05) is 12.8 Å². The van der Waals surface area contributed by atoms with E-state index in [1.54, 1.807) is 0 Å². The molecule has 13 heavy (non-hydrogen) atoms. The number of carbonyl (C=O) groups excluding carboxylic acids is 1. The Hall–Kier alpha value is -0.240. The van der Waals surface area contributed by atoms with Crippen LogP contribution >= 0.6 is 11.6 Å². The fourth-order valence-corrected chi connectivity index (χ4v) is 1.48. The van der Waals surface area contributed by atoms with Gasteiger partial charge in [-0.3, -0.25) is 4.79 Å². The SMILES string of the molecule is CCCCC[C@H](CCCl)OC(C)=O. The van der Waals surface area contributed by atoms with Gasteiger partial charge in [0.25, 0.3) is 0 Å². The highest BCUT2D eigenvalue weighted by Crippen LogP contribution is 2.11. The summed E-state index contributed by atoms with van der Waals surface area (Å²) in [5.41, 5.74) is 0. The normalized spacial score (nSPS) is 12.5. The van der Waals surface area contributed by atoms with Crippen molar-refractivity contribution in [3.8, 4) is 0 Å². The third-order valence-electron chi connectivity index (χ3n) is 1.89. The van der Waals surface area contributed by atoms with Crippen LogP contribution in [0.5, 0.6) is 0 Å². The van der Waals surface area contributed by atoms with Crippen molar-refractivity contribution in [1.82, 2.24) is 0 Å². The quantitative estimate of drug-likeness (QED) is 0.364. The van der Waals surface area contributed by atoms with Crippen LogP contribution in [0.25, 0.3) is 0 Å². The molecule has 0 aliphatic rings. The molecule has 0 amide bonds. The zero-order valence-electron chi connectivity index (χ0n) is 8.51. The fourth-order valence-electron chi connectivity index (χ4n) is 1.24. The van der Waals surface area contributed by atoms with Gasteiger partial charge >= 0.3 is 5.97 Å². The Morgan fingerprint density at radius 3 is 2.54 bits per heavy atom. The maximum Gasteiger partial charge on any atom is 0.302 e. The average Bonchev–Trinajstić information content (AvgIpc) is 2.04. The molecule has 3 heteroatoms. The highest BCUT2D eigenvalue weighted by molar-refractivity contribution is 6.17. The smallest absolute Gasteiger partial charge is 0.302 e. The lowest BCUT2D eigenvalue weighted by Gasteiger charge is -2.15. The van der Waals surface area contributed by atoms with E-state index in [0.717, 1.165) is 19.3 Å². The Labute approximate surface area is 85.6 Å². The zero-order valence-corrected chi connectivity index (χ0v) is 9.27. The molecule has 0 aromatic rings. The number of carbonyl (C=O) groups is 1. The van der Waals surface area contributed by atoms with Crippen LogP contribution in [0.2, 0.25) is 0 Å². The second-order valence-corrected chi connectivity index (χ2v) is 3.58. The first kappa shape index (κ1) is 12.8. The van der Waals surface area contributed by atoms with E-state index in [2.05, 4.69) is 6.92 Å². The Bertz CT molecular complexity index is 137. The zero-order chi connectivity index (χ0) is 10.1. The minimum atomic E-state index is -0.202. The molecule has 0 bridgehead atoms. The first-order valence-electron chi connectivity index (χ1n) is 4.93. The molecule has 0 aromatic carbocycles. The van der Waals surface area contributed by atoms with Crippen LogP contribution in [0.15, 0.2) is 0 Å². The molecule has 0 unspecified atom stereocenters. The van der Waals surface area contributed by atoms with Gasteiger partial charge in [0.1, 0.15) is 6.10 Å². The molecular weight excluding hydrogens is 188 g/mol. The molecule has 0 aliphatic carbocycles. The van der Waals surface area contributed by atoms with Gasteiger partial charge in [0.2, 0.25) is 0 Å². The van der Waals surface area contributed by atoms with Gasteiger partial charge in [-0.25, -0.2) is 0 Å². The van der Waals surface area contributed by atoms with Crippen molar-refractivity contribution in [2.75, 3.05) is 5.88 Å². The van der Waals surface area contributed by atoms with E-state index < -0.39 is 0 Å². The minimum absolute atomic E-state index is 0.0292. The fraction of sp³-hybridized carbons (Fsp3) is 0.900. The van der Waals surface area contributed by atoms with E-state index >= 15 is 0 Å². The highest BCUT2D eigenvalue weighted by Gasteiger charge is 2.10. The van der Waals surface area contributed by atoms with Gasteiger partial charge in [-0.15, -0.1) is 11.6 Å². The Balaban J connectivity index is 3.59.